The lowest BCUT2D eigenvalue weighted by Gasteiger charge is -2.04. The maximum Gasteiger partial charge on any atom is -0.0351 e. The molecule has 0 bridgehead atoms. The first-order chi connectivity index (χ1) is 11.8. The third-order valence-corrected chi connectivity index (χ3v) is 5.04. The SMILES string of the molecule is CCCCCCCC/C=C\CCCCCCCCCCCC(C)C. The predicted octanol–water partition coefficient (Wildman–Crippen LogP) is 9.24. The summed E-state index contributed by atoms with van der Waals surface area (Å²) in [5, 5.41) is 0. The first-order valence-electron chi connectivity index (χ1n) is 11.4. The average Bonchev–Trinajstić information content (AvgIpc) is 2.56. The van der Waals surface area contributed by atoms with Gasteiger partial charge in [-0.15, -0.1) is 0 Å². The van der Waals surface area contributed by atoms with E-state index in [9.17, 15) is 0 Å². The predicted molar refractivity (Wildman–Crippen MR) is 113 cm³/mol. The highest BCUT2D eigenvalue weighted by molar-refractivity contribution is 4.81. The minimum absolute atomic E-state index is 0.893. The van der Waals surface area contributed by atoms with Crippen LogP contribution in [0.25, 0.3) is 0 Å². The van der Waals surface area contributed by atoms with Gasteiger partial charge in [-0.1, -0.05) is 123 Å². The van der Waals surface area contributed by atoms with Gasteiger partial charge in [-0.25, -0.2) is 0 Å². The summed E-state index contributed by atoms with van der Waals surface area (Å²) in [4.78, 5) is 0. The van der Waals surface area contributed by atoms with Crippen molar-refractivity contribution in [2.24, 2.45) is 5.92 Å². The van der Waals surface area contributed by atoms with E-state index < -0.39 is 0 Å². The molecule has 0 heteroatoms. The molecule has 0 unspecified atom stereocenters. The van der Waals surface area contributed by atoms with Gasteiger partial charge < -0.3 is 0 Å². The molecule has 0 aliphatic rings. The van der Waals surface area contributed by atoms with Crippen molar-refractivity contribution < 1.29 is 0 Å². The molecular formula is C24H48. The van der Waals surface area contributed by atoms with Gasteiger partial charge in [-0.2, -0.15) is 0 Å². The molecule has 0 heterocycles. The Kier molecular flexibility index (Phi) is 20.6. The molecule has 0 saturated heterocycles. The van der Waals surface area contributed by atoms with E-state index in [1.807, 2.05) is 0 Å². The molecule has 0 nitrogen and oxygen atoms in total. The van der Waals surface area contributed by atoms with E-state index in [0.29, 0.717) is 0 Å². The van der Waals surface area contributed by atoms with Crippen LogP contribution >= 0.6 is 0 Å². The van der Waals surface area contributed by atoms with Crippen LogP contribution in [-0.4, -0.2) is 0 Å². The topological polar surface area (TPSA) is 0 Å². The number of unbranched alkanes of at least 4 members (excludes halogenated alkanes) is 15. The molecule has 0 N–H and O–H groups in total. The molecule has 0 saturated carbocycles. The van der Waals surface area contributed by atoms with Gasteiger partial charge in [0.05, 0.1) is 0 Å². The van der Waals surface area contributed by atoms with Crippen LogP contribution in [0, 0.1) is 5.92 Å². The van der Waals surface area contributed by atoms with Crippen LogP contribution < -0.4 is 0 Å². The van der Waals surface area contributed by atoms with E-state index >= 15 is 0 Å². The van der Waals surface area contributed by atoms with Crippen LogP contribution in [0.5, 0.6) is 0 Å². The van der Waals surface area contributed by atoms with Gasteiger partial charge in [-0.3, -0.25) is 0 Å². The maximum atomic E-state index is 2.43. The summed E-state index contributed by atoms with van der Waals surface area (Å²) in [7, 11) is 0. The largest absolute Gasteiger partial charge is 0.0885 e. The number of rotatable bonds is 19. The summed E-state index contributed by atoms with van der Waals surface area (Å²) in [5.74, 6) is 0.893. The van der Waals surface area contributed by atoms with Crippen LogP contribution in [0.3, 0.4) is 0 Å². The molecule has 0 aromatic rings. The Morgan fingerprint density at radius 1 is 0.500 bits per heavy atom. The quantitative estimate of drug-likeness (QED) is 0.163. The molecule has 0 aliphatic heterocycles. The van der Waals surface area contributed by atoms with E-state index in [0.717, 1.165) is 5.92 Å². The van der Waals surface area contributed by atoms with Crippen molar-refractivity contribution in [3.63, 3.8) is 0 Å². The molecule has 144 valence electrons. The molecule has 0 amide bonds. The monoisotopic (exact) mass is 336 g/mol. The van der Waals surface area contributed by atoms with Gasteiger partial charge in [0.15, 0.2) is 0 Å². The lowest BCUT2D eigenvalue weighted by molar-refractivity contribution is 0.506. The molecular weight excluding hydrogens is 288 g/mol. The number of hydrogen-bond donors (Lipinski definition) is 0. The van der Waals surface area contributed by atoms with Gasteiger partial charge in [-0.05, 0) is 31.6 Å². The van der Waals surface area contributed by atoms with Crippen LogP contribution in [-0.2, 0) is 0 Å². The van der Waals surface area contributed by atoms with Crippen molar-refractivity contribution >= 4 is 0 Å². The van der Waals surface area contributed by atoms with E-state index in [-0.39, 0.29) is 0 Å². The zero-order chi connectivity index (χ0) is 17.7. The number of hydrogen-bond acceptors (Lipinski definition) is 0. The Labute approximate surface area is 154 Å². The molecule has 0 aromatic carbocycles. The second-order valence-electron chi connectivity index (χ2n) is 8.18. The summed E-state index contributed by atoms with van der Waals surface area (Å²) in [5.41, 5.74) is 0. The van der Waals surface area contributed by atoms with Crippen LogP contribution in [0.4, 0.5) is 0 Å². The maximum absolute atomic E-state index is 2.43. The van der Waals surface area contributed by atoms with E-state index in [4.69, 9.17) is 0 Å². The zero-order valence-electron chi connectivity index (χ0n) is 17.5. The molecule has 0 spiro atoms. The Morgan fingerprint density at radius 3 is 1.29 bits per heavy atom. The fraction of sp³-hybridized carbons (Fsp3) is 0.917. The molecule has 24 heavy (non-hydrogen) atoms. The fourth-order valence-corrected chi connectivity index (χ4v) is 3.33. The average molecular weight is 337 g/mol. The first kappa shape index (κ1) is 23.7. The summed E-state index contributed by atoms with van der Waals surface area (Å²) in [6.45, 7) is 6.96. The van der Waals surface area contributed by atoms with Gasteiger partial charge in [0.2, 0.25) is 0 Å². The van der Waals surface area contributed by atoms with Crippen molar-refractivity contribution in [2.75, 3.05) is 0 Å². The molecule has 0 rings (SSSR count). The lowest BCUT2D eigenvalue weighted by atomic mass is 10.0. The van der Waals surface area contributed by atoms with Crippen molar-refractivity contribution in [1.29, 1.82) is 0 Å². The van der Waals surface area contributed by atoms with Crippen molar-refractivity contribution in [3.05, 3.63) is 12.2 Å². The minimum atomic E-state index is 0.893. The van der Waals surface area contributed by atoms with Crippen LogP contribution in [0.2, 0.25) is 0 Å². The van der Waals surface area contributed by atoms with Crippen molar-refractivity contribution in [1.82, 2.24) is 0 Å². The lowest BCUT2D eigenvalue weighted by Crippen LogP contribution is -1.87. The second kappa shape index (κ2) is 20.8. The van der Waals surface area contributed by atoms with Crippen LogP contribution in [0.15, 0.2) is 12.2 Å². The van der Waals surface area contributed by atoms with E-state index in [1.54, 1.807) is 0 Å². The molecule has 0 atom stereocenters. The highest BCUT2D eigenvalue weighted by atomic mass is 14.0. The zero-order valence-corrected chi connectivity index (χ0v) is 17.5. The highest BCUT2D eigenvalue weighted by Crippen LogP contribution is 2.13. The summed E-state index contributed by atoms with van der Waals surface area (Å²) in [6.07, 6.45) is 30.5. The fourth-order valence-electron chi connectivity index (χ4n) is 3.33. The molecule has 0 aromatic heterocycles. The summed E-state index contributed by atoms with van der Waals surface area (Å²) < 4.78 is 0. The normalized spacial score (nSPS) is 11.8. The van der Waals surface area contributed by atoms with Gasteiger partial charge in [0.25, 0.3) is 0 Å². The molecule has 0 radical (unpaired) electrons. The Hall–Kier alpha value is -0.260. The van der Waals surface area contributed by atoms with E-state index in [2.05, 4.69) is 32.9 Å². The summed E-state index contributed by atoms with van der Waals surface area (Å²) >= 11 is 0. The third-order valence-electron chi connectivity index (χ3n) is 5.04. The van der Waals surface area contributed by atoms with Gasteiger partial charge in [0, 0.05) is 0 Å². The Morgan fingerprint density at radius 2 is 0.875 bits per heavy atom. The third kappa shape index (κ3) is 21.7. The van der Waals surface area contributed by atoms with Crippen LogP contribution in [0.1, 0.15) is 136 Å². The summed E-state index contributed by atoms with van der Waals surface area (Å²) in [6, 6.07) is 0. The van der Waals surface area contributed by atoms with Crippen molar-refractivity contribution in [2.45, 2.75) is 136 Å². The minimum Gasteiger partial charge on any atom is -0.0885 e. The smallest absolute Gasteiger partial charge is 0.0351 e. The highest BCUT2D eigenvalue weighted by Gasteiger charge is 1.95. The Balaban J connectivity index is 3.05. The van der Waals surface area contributed by atoms with E-state index in [1.165, 1.54) is 116 Å². The van der Waals surface area contributed by atoms with Gasteiger partial charge >= 0.3 is 0 Å². The second-order valence-corrected chi connectivity index (χ2v) is 8.18. The number of allylic oxidation sites excluding steroid dienone is 2. The van der Waals surface area contributed by atoms with Crippen molar-refractivity contribution in [3.8, 4) is 0 Å². The molecule has 0 aliphatic carbocycles. The van der Waals surface area contributed by atoms with Gasteiger partial charge in [0.1, 0.15) is 0 Å². The first-order valence-corrected chi connectivity index (χ1v) is 11.4. The Bertz CT molecular complexity index is 238. The molecule has 0 fully saturated rings. The standard InChI is InChI=1S/C24H48/c1-4-5-6-7-8-9-10-11-12-13-14-15-16-17-18-19-20-21-22-23-24(2)3/h11-12,24H,4-10,13-23H2,1-3H3/b12-11-.